The Bertz CT molecular complexity index is 647. The maximum atomic E-state index is 5.72. The molecule has 2 aromatic rings. The minimum atomic E-state index is 0.764. The summed E-state index contributed by atoms with van der Waals surface area (Å²) in [6.07, 6.45) is 9.04. The molecule has 1 aromatic heterocycles. The Kier molecular flexibility index (Phi) is 7.90. The van der Waals surface area contributed by atoms with Crippen molar-refractivity contribution in [3.05, 3.63) is 59.4 Å². The van der Waals surface area contributed by atoms with Gasteiger partial charge in [-0.1, -0.05) is 57.6 Å². The number of aromatic nitrogens is 1. The molecule has 0 saturated heterocycles. The first kappa shape index (κ1) is 18.1. The standard InChI is InChI=1S/C22H27NO/c1-3-5-6-7-8-17-24-22-16-15-21(23-18-22)14-13-20-11-9-19(4-2)10-12-20/h9-12,15-16,18H,3-8,17H2,1-2H3. The van der Waals surface area contributed by atoms with Crippen LogP contribution in [-0.4, -0.2) is 11.6 Å². The Morgan fingerprint density at radius 3 is 2.33 bits per heavy atom. The van der Waals surface area contributed by atoms with Gasteiger partial charge in [0.15, 0.2) is 0 Å². The summed E-state index contributed by atoms with van der Waals surface area (Å²) in [6, 6.07) is 12.2. The molecule has 0 unspecified atom stereocenters. The number of nitrogens with zero attached hydrogens (tertiary/aromatic N) is 1. The average molecular weight is 321 g/mol. The molecule has 0 bridgehead atoms. The number of pyridine rings is 1. The van der Waals surface area contributed by atoms with E-state index in [4.69, 9.17) is 4.74 Å². The second-order valence-electron chi connectivity index (χ2n) is 5.94. The zero-order chi connectivity index (χ0) is 17.0. The summed E-state index contributed by atoms with van der Waals surface area (Å²) in [6.45, 7) is 5.15. The molecule has 0 atom stereocenters. The van der Waals surface area contributed by atoms with Crippen molar-refractivity contribution in [2.75, 3.05) is 6.61 Å². The van der Waals surface area contributed by atoms with Crippen molar-refractivity contribution >= 4 is 0 Å². The van der Waals surface area contributed by atoms with E-state index < -0.39 is 0 Å². The average Bonchev–Trinajstić information content (AvgIpc) is 2.64. The van der Waals surface area contributed by atoms with E-state index in [1.165, 1.54) is 31.2 Å². The topological polar surface area (TPSA) is 22.1 Å². The van der Waals surface area contributed by atoms with E-state index in [1.54, 1.807) is 6.20 Å². The Balaban J connectivity index is 1.80. The van der Waals surface area contributed by atoms with Crippen molar-refractivity contribution < 1.29 is 4.74 Å². The number of hydrogen-bond acceptors (Lipinski definition) is 2. The Morgan fingerprint density at radius 2 is 1.67 bits per heavy atom. The smallest absolute Gasteiger partial charge is 0.137 e. The number of benzene rings is 1. The van der Waals surface area contributed by atoms with Crippen molar-refractivity contribution in [3.63, 3.8) is 0 Å². The van der Waals surface area contributed by atoms with Gasteiger partial charge >= 0.3 is 0 Å². The van der Waals surface area contributed by atoms with Crippen LogP contribution in [0, 0.1) is 11.8 Å². The first-order chi connectivity index (χ1) is 11.8. The van der Waals surface area contributed by atoms with Gasteiger partial charge < -0.3 is 4.74 Å². The van der Waals surface area contributed by atoms with E-state index in [0.29, 0.717) is 0 Å². The highest BCUT2D eigenvalue weighted by Crippen LogP contribution is 2.11. The summed E-state index contributed by atoms with van der Waals surface area (Å²) in [4.78, 5) is 4.36. The van der Waals surface area contributed by atoms with Crippen LogP contribution in [-0.2, 0) is 6.42 Å². The summed E-state index contributed by atoms with van der Waals surface area (Å²) in [5.41, 5.74) is 3.11. The molecule has 24 heavy (non-hydrogen) atoms. The van der Waals surface area contributed by atoms with Crippen LogP contribution in [0.4, 0.5) is 0 Å². The molecule has 2 nitrogen and oxygen atoms in total. The van der Waals surface area contributed by atoms with E-state index in [9.17, 15) is 0 Å². The molecule has 1 aromatic carbocycles. The van der Waals surface area contributed by atoms with E-state index in [1.807, 2.05) is 12.1 Å². The molecule has 0 spiro atoms. The monoisotopic (exact) mass is 321 g/mol. The van der Waals surface area contributed by atoms with E-state index in [-0.39, 0.29) is 0 Å². The second kappa shape index (κ2) is 10.5. The van der Waals surface area contributed by atoms with Gasteiger partial charge in [0.05, 0.1) is 12.8 Å². The van der Waals surface area contributed by atoms with Crippen molar-refractivity contribution in [1.82, 2.24) is 4.98 Å². The summed E-state index contributed by atoms with van der Waals surface area (Å²) in [5, 5.41) is 0. The van der Waals surface area contributed by atoms with Crippen LogP contribution in [0.25, 0.3) is 0 Å². The fourth-order valence-corrected chi connectivity index (χ4v) is 2.40. The zero-order valence-electron chi connectivity index (χ0n) is 14.8. The van der Waals surface area contributed by atoms with Gasteiger partial charge in [-0.05, 0) is 48.6 Å². The van der Waals surface area contributed by atoms with Crippen molar-refractivity contribution in [1.29, 1.82) is 0 Å². The third-order valence-electron chi connectivity index (χ3n) is 3.95. The summed E-state index contributed by atoms with van der Waals surface area (Å²) < 4.78 is 5.72. The lowest BCUT2D eigenvalue weighted by molar-refractivity contribution is 0.303. The van der Waals surface area contributed by atoms with Gasteiger partial charge in [-0.2, -0.15) is 0 Å². The first-order valence-electron chi connectivity index (χ1n) is 9.01. The maximum Gasteiger partial charge on any atom is 0.137 e. The highest BCUT2D eigenvalue weighted by atomic mass is 16.5. The highest BCUT2D eigenvalue weighted by molar-refractivity contribution is 5.41. The molecule has 0 fully saturated rings. The Morgan fingerprint density at radius 1 is 0.875 bits per heavy atom. The Hall–Kier alpha value is -2.27. The minimum absolute atomic E-state index is 0.764. The lowest BCUT2D eigenvalue weighted by atomic mass is 10.1. The number of unbranched alkanes of at least 4 members (excludes halogenated alkanes) is 4. The van der Waals surface area contributed by atoms with Gasteiger partial charge in [-0.15, -0.1) is 0 Å². The molecule has 0 N–H and O–H groups in total. The van der Waals surface area contributed by atoms with Crippen LogP contribution >= 0.6 is 0 Å². The molecular weight excluding hydrogens is 294 g/mol. The van der Waals surface area contributed by atoms with Gasteiger partial charge in [0.25, 0.3) is 0 Å². The predicted molar refractivity (Wildman–Crippen MR) is 100 cm³/mol. The molecule has 0 aliphatic carbocycles. The summed E-state index contributed by atoms with van der Waals surface area (Å²) in [5.74, 6) is 7.07. The molecule has 2 heteroatoms. The van der Waals surface area contributed by atoms with Crippen molar-refractivity contribution in [2.45, 2.75) is 52.4 Å². The lowest BCUT2D eigenvalue weighted by Crippen LogP contribution is -1.98. The summed E-state index contributed by atoms with van der Waals surface area (Å²) in [7, 11) is 0. The van der Waals surface area contributed by atoms with Crippen LogP contribution < -0.4 is 4.74 Å². The van der Waals surface area contributed by atoms with E-state index in [0.717, 1.165) is 36.5 Å². The van der Waals surface area contributed by atoms with Crippen molar-refractivity contribution in [2.24, 2.45) is 0 Å². The zero-order valence-corrected chi connectivity index (χ0v) is 14.8. The summed E-state index contributed by atoms with van der Waals surface area (Å²) >= 11 is 0. The highest BCUT2D eigenvalue weighted by Gasteiger charge is 1.96. The predicted octanol–water partition coefficient (Wildman–Crippen LogP) is 5.39. The maximum absolute atomic E-state index is 5.72. The van der Waals surface area contributed by atoms with Crippen LogP contribution in [0.3, 0.4) is 0 Å². The fourth-order valence-electron chi connectivity index (χ4n) is 2.40. The minimum Gasteiger partial charge on any atom is -0.492 e. The second-order valence-corrected chi connectivity index (χ2v) is 5.94. The van der Waals surface area contributed by atoms with Crippen LogP contribution in [0.1, 0.15) is 62.8 Å². The lowest BCUT2D eigenvalue weighted by Gasteiger charge is -2.05. The molecule has 0 aliphatic rings. The van der Waals surface area contributed by atoms with E-state index in [2.05, 4.69) is 54.9 Å². The third-order valence-corrected chi connectivity index (χ3v) is 3.95. The molecule has 1 heterocycles. The Labute approximate surface area is 146 Å². The largest absolute Gasteiger partial charge is 0.492 e. The molecule has 0 amide bonds. The molecule has 2 rings (SSSR count). The van der Waals surface area contributed by atoms with Crippen LogP contribution in [0.15, 0.2) is 42.6 Å². The molecule has 0 radical (unpaired) electrons. The van der Waals surface area contributed by atoms with Gasteiger partial charge in [0.1, 0.15) is 11.4 Å². The van der Waals surface area contributed by atoms with Crippen molar-refractivity contribution in [3.8, 4) is 17.6 Å². The quantitative estimate of drug-likeness (QED) is 0.480. The van der Waals surface area contributed by atoms with Gasteiger partial charge in [-0.25, -0.2) is 4.98 Å². The molecule has 126 valence electrons. The van der Waals surface area contributed by atoms with Crippen LogP contribution in [0.2, 0.25) is 0 Å². The molecular formula is C22H27NO. The van der Waals surface area contributed by atoms with Gasteiger partial charge in [0, 0.05) is 5.56 Å². The van der Waals surface area contributed by atoms with E-state index >= 15 is 0 Å². The van der Waals surface area contributed by atoms with Gasteiger partial charge in [0.2, 0.25) is 0 Å². The van der Waals surface area contributed by atoms with Gasteiger partial charge in [-0.3, -0.25) is 0 Å². The number of hydrogen-bond donors (Lipinski definition) is 0. The first-order valence-corrected chi connectivity index (χ1v) is 9.01. The van der Waals surface area contributed by atoms with Crippen LogP contribution in [0.5, 0.6) is 5.75 Å². The third kappa shape index (κ3) is 6.46. The number of rotatable bonds is 8. The number of ether oxygens (including phenoxy) is 1. The SMILES string of the molecule is CCCCCCCOc1ccc(C#Cc2ccc(CC)cc2)nc1. The fraction of sp³-hybridized carbons (Fsp3) is 0.409. The number of aryl methyl sites for hydroxylation is 1. The molecule has 0 saturated carbocycles. The molecule has 0 aliphatic heterocycles. The normalized spacial score (nSPS) is 10.1.